The molecule has 2 aromatic heterocycles. The van der Waals surface area contributed by atoms with Gasteiger partial charge in [-0.05, 0) is 62.1 Å². The number of benzene rings is 5. The van der Waals surface area contributed by atoms with E-state index >= 15 is 0 Å². The molecule has 0 unspecified atom stereocenters. The van der Waals surface area contributed by atoms with Gasteiger partial charge in [0, 0.05) is 21.5 Å². The molecule has 7 aromatic rings. The van der Waals surface area contributed by atoms with Crippen LogP contribution in [-0.2, 0) is 0 Å². The van der Waals surface area contributed by atoms with Crippen molar-refractivity contribution in [2.75, 3.05) is 0 Å². The first kappa shape index (κ1) is 21.0. The number of rotatable bonds is 2. The third-order valence-electron chi connectivity index (χ3n) is 7.79. The number of hydrogen-bond donors (Lipinski definition) is 0. The van der Waals surface area contributed by atoms with Crippen molar-refractivity contribution in [1.29, 1.82) is 0 Å². The highest BCUT2D eigenvalue weighted by Gasteiger charge is 2.21. The lowest BCUT2D eigenvalue weighted by Crippen LogP contribution is -2.05. The number of para-hydroxylation sites is 6. The van der Waals surface area contributed by atoms with Gasteiger partial charge in [0.15, 0.2) is 0 Å². The van der Waals surface area contributed by atoms with E-state index in [4.69, 9.17) is 0 Å². The van der Waals surface area contributed by atoms with Crippen LogP contribution in [0.5, 0.6) is 0 Å². The summed E-state index contributed by atoms with van der Waals surface area (Å²) in [6.45, 7) is 8.91. The van der Waals surface area contributed by atoms with Crippen LogP contribution < -0.4 is 0 Å². The Labute approximate surface area is 211 Å². The smallest absolute Gasteiger partial charge is 0.0703 e. The standard InChI is InChI=1S/C34H28N2/c1-21-11-7-15-25-26-16-8-12-22(2)32(26)35(31(21)25)29-19-5-6-20-30(29)36-33-23(3)13-9-17-27(33)28-18-10-14-24(4)34(28)36/h5-20H,1-4H3. The van der Waals surface area contributed by atoms with Crippen molar-refractivity contribution >= 4 is 43.6 Å². The average Bonchev–Trinajstić information content (AvgIpc) is 3.41. The molecule has 36 heavy (non-hydrogen) atoms. The Morgan fingerprint density at radius 1 is 0.333 bits per heavy atom. The summed E-state index contributed by atoms with van der Waals surface area (Å²) in [7, 11) is 0. The fourth-order valence-corrected chi connectivity index (χ4v) is 6.24. The van der Waals surface area contributed by atoms with Crippen LogP contribution in [0, 0.1) is 27.7 Å². The van der Waals surface area contributed by atoms with Crippen LogP contribution in [0.3, 0.4) is 0 Å². The highest BCUT2D eigenvalue weighted by Crippen LogP contribution is 2.40. The van der Waals surface area contributed by atoms with Gasteiger partial charge in [-0.3, -0.25) is 0 Å². The van der Waals surface area contributed by atoms with Gasteiger partial charge in [0.05, 0.1) is 33.4 Å². The van der Waals surface area contributed by atoms with Crippen LogP contribution >= 0.6 is 0 Å². The minimum Gasteiger partial charge on any atom is -0.307 e. The lowest BCUT2D eigenvalue weighted by molar-refractivity contribution is 1.08. The van der Waals surface area contributed by atoms with Crippen molar-refractivity contribution in [3.8, 4) is 11.4 Å². The molecule has 7 rings (SSSR count). The topological polar surface area (TPSA) is 9.86 Å². The molecule has 0 amide bonds. The van der Waals surface area contributed by atoms with Crippen molar-refractivity contribution < 1.29 is 0 Å². The van der Waals surface area contributed by atoms with E-state index in [2.05, 4.69) is 134 Å². The van der Waals surface area contributed by atoms with Crippen LogP contribution in [0.4, 0.5) is 0 Å². The van der Waals surface area contributed by atoms with Crippen molar-refractivity contribution in [3.63, 3.8) is 0 Å². The van der Waals surface area contributed by atoms with Gasteiger partial charge in [-0.25, -0.2) is 0 Å². The quantitative estimate of drug-likeness (QED) is 0.241. The molecular weight excluding hydrogens is 436 g/mol. The largest absolute Gasteiger partial charge is 0.307 e. The summed E-state index contributed by atoms with van der Waals surface area (Å²) < 4.78 is 5.00. The van der Waals surface area contributed by atoms with Gasteiger partial charge in [0.1, 0.15) is 0 Å². The molecule has 0 saturated heterocycles. The average molecular weight is 465 g/mol. The zero-order valence-electron chi connectivity index (χ0n) is 21.1. The number of nitrogens with zero attached hydrogens (tertiary/aromatic N) is 2. The van der Waals surface area contributed by atoms with Crippen LogP contribution in [0.25, 0.3) is 55.0 Å². The summed E-state index contributed by atoms with van der Waals surface area (Å²) in [4.78, 5) is 0. The molecule has 0 N–H and O–H groups in total. The van der Waals surface area contributed by atoms with Gasteiger partial charge in [0.2, 0.25) is 0 Å². The third-order valence-corrected chi connectivity index (χ3v) is 7.79. The zero-order valence-corrected chi connectivity index (χ0v) is 21.1. The van der Waals surface area contributed by atoms with Gasteiger partial charge >= 0.3 is 0 Å². The Morgan fingerprint density at radius 3 is 0.889 bits per heavy atom. The maximum Gasteiger partial charge on any atom is 0.0703 e. The van der Waals surface area contributed by atoms with Gasteiger partial charge in [0.25, 0.3) is 0 Å². The van der Waals surface area contributed by atoms with E-state index in [1.54, 1.807) is 0 Å². The van der Waals surface area contributed by atoms with E-state index in [-0.39, 0.29) is 0 Å². The van der Waals surface area contributed by atoms with Crippen molar-refractivity contribution in [3.05, 3.63) is 119 Å². The molecule has 0 atom stereocenters. The Bertz CT molecular complexity index is 1720. The van der Waals surface area contributed by atoms with E-state index in [1.165, 1.54) is 77.2 Å². The third kappa shape index (κ3) is 2.73. The van der Waals surface area contributed by atoms with Gasteiger partial charge in [-0.1, -0.05) is 84.9 Å². The fraction of sp³-hybridized carbons (Fsp3) is 0.118. The molecule has 0 spiro atoms. The van der Waals surface area contributed by atoms with Crippen LogP contribution in [0.2, 0.25) is 0 Å². The molecule has 0 fully saturated rings. The van der Waals surface area contributed by atoms with Gasteiger partial charge in [-0.2, -0.15) is 0 Å². The first-order valence-corrected chi connectivity index (χ1v) is 12.6. The molecule has 0 bridgehead atoms. The van der Waals surface area contributed by atoms with Crippen molar-refractivity contribution in [1.82, 2.24) is 9.13 Å². The van der Waals surface area contributed by atoms with Crippen LogP contribution in [0.1, 0.15) is 22.3 Å². The molecule has 5 aromatic carbocycles. The molecule has 2 heterocycles. The number of hydrogen-bond acceptors (Lipinski definition) is 0. The fourth-order valence-electron chi connectivity index (χ4n) is 6.24. The zero-order chi connectivity index (χ0) is 24.6. The molecule has 0 aliphatic heterocycles. The van der Waals surface area contributed by atoms with E-state index < -0.39 is 0 Å². The second-order valence-corrected chi connectivity index (χ2v) is 10.0. The van der Waals surface area contributed by atoms with Crippen molar-refractivity contribution in [2.45, 2.75) is 27.7 Å². The van der Waals surface area contributed by atoms with Gasteiger partial charge < -0.3 is 9.13 Å². The first-order chi connectivity index (χ1) is 17.6. The highest BCUT2D eigenvalue weighted by molar-refractivity contribution is 6.13. The summed E-state index contributed by atoms with van der Waals surface area (Å²) in [5.74, 6) is 0. The molecular formula is C34H28N2. The second kappa shape index (κ2) is 7.60. The van der Waals surface area contributed by atoms with E-state index in [0.717, 1.165) is 0 Å². The summed E-state index contributed by atoms with van der Waals surface area (Å²) >= 11 is 0. The summed E-state index contributed by atoms with van der Waals surface area (Å²) in [5.41, 5.74) is 12.7. The summed E-state index contributed by atoms with van der Waals surface area (Å²) in [6, 6.07) is 35.6. The molecule has 174 valence electrons. The van der Waals surface area contributed by atoms with E-state index in [0.29, 0.717) is 0 Å². The number of aromatic nitrogens is 2. The molecule has 2 heteroatoms. The van der Waals surface area contributed by atoms with Gasteiger partial charge in [-0.15, -0.1) is 0 Å². The minimum atomic E-state index is 1.20. The Hall–Kier alpha value is -4.30. The molecule has 0 aliphatic rings. The lowest BCUT2D eigenvalue weighted by Gasteiger charge is -2.19. The molecule has 2 nitrogen and oxygen atoms in total. The monoisotopic (exact) mass is 464 g/mol. The Kier molecular flexibility index (Phi) is 4.44. The summed E-state index contributed by atoms with van der Waals surface area (Å²) in [6.07, 6.45) is 0. The molecule has 0 aliphatic carbocycles. The van der Waals surface area contributed by atoms with Crippen LogP contribution in [0.15, 0.2) is 97.1 Å². The maximum atomic E-state index is 2.50. The first-order valence-electron chi connectivity index (χ1n) is 12.6. The minimum absolute atomic E-state index is 1.20. The summed E-state index contributed by atoms with van der Waals surface area (Å²) in [5, 5.41) is 5.22. The Balaban J connectivity index is 1.72. The predicted molar refractivity (Wildman–Crippen MR) is 154 cm³/mol. The maximum absolute atomic E-state index is 2.50. The second-order valence-electron chi connectivity index (χ2n) is 10.0. The molecule has 0 radical (unpaired) electrons. The number of fused-ring (bicyclic) bond motifs is 6. The number of aryl methyl sites for hydroxylation is 4. The lowest BCUT2D eigenvalue weighted by atomic mass is 10.1. The molecule has 0 saturated carbocycles. The highest BCUT2D eigenvalue weighted by atomic mass is 15.1. The van der Waals surface area contributed by atoms with E-state index in [9.17, 15) is 0 Å². The normalized spacial score (nSPS) is 11.9. The Morgan fingerprint density at radius 2 is 0.611 bits per heavy atom. The van der Waals surface area contributed by atoms with Crippen LogP contribution in [-0.4, -0.2) is 9.13 Å². The van der Waals surface area contributed by atoms with E-state index in [1.807, 2.05) is 0 Å². The predicted octanol–water partition coefficient (Wildman–Crippen LogP) is 9.11. The SMILES string of the molecule is Cc1cccc2c3cccc(C)c3n(-c3ccccc3-n3c4c(C)cccc4c4cccc(C)c43)c12. The van der Waals surface area contributed by atoms with Crippen molar-refractivity contribution in [2.24, 2.45) is 0 Å².